The van der Waals surface area contributed by atoms with E-state index < -0.39 is 0 Å². The van der Waals surface area contributed by atoms with E-state index >= 15 is 0 Å². The Kier molecular flexibility index (Phi) is 5.22. The van der Waals surface area contributed by atoms with Crippen molar-refractivity contribution in [2.75, 3.05) is 6.54 Å². The van der Waals surface area contributed by atoms with Gasteiger partial charge in [0.15, 0.2) is 11.5 Å². The number of amides is 1. The highest BCUT2D eigenvalue weighted by Gasteiger charge is 2.32. The van der Waals surface area contributed by atoms with Crippen LogP contribution in [0, 0.1) is 0 Å². The number of pyridine rings is 1. The maximum atomic E-state index is 13.4. The minimum Gasteiger partial charge on any atom is -0.465 e. The van der Waals surface area contributed by atoms with Crippen LogP contribution in [0.2, 0.25) is 0 Å². The van der Waals surface area contributed by atoms with Gasteiger partial charge in [0.2, 0.25) is 0 Å². The summed E-state index contributed by atoms with van der Waals surface area (Å²) in [7, 11) is 0. The molecule has 0 N–H and O–H groups in total. The first-order chi connectivity index (χ1) is 16.8. The molecular formula is C29H24N2O3. The second-order valence-corrected chi connectivity index (χ2v) is 8.67. The van der Waals surface area contributed by atoms with Crippen LogP contribution in [0.5, 0.6) is 0 Å². The average molecular weight is 449 g/mol. The van der Waals surface area contributed by atoms with Crippen LogP contribution in [0.4, 0.5) is 0 Å². The van der Waals surface area contributed by atoms with E-state index in [9.17, 15) is 4.79 Å². The topological polar surface area (TPSA) is 51.7 Å². The highest BCUT2D eigenvalue weighted by molar-refractivity contribution is 6.02. The number of allylic oxidation sites excluding steroid dienone is 4. The van der Waals surface area contributed by atoms with Crippen molar-refractivity contribution in [1.82, 2.24) is 9.88 Å². The summed E-state index contributed by atoms with van der Waals surface area (Å²) < 4.78 is 11.8. The molecule has 0 spiro atoms. The van der Waals surface area contributed by atoms with E-state index in [-0.39, 0.29) is 5.91 Å². The molecule has 1 aliphatic carbocycles. The standard InChI is InChI=1S/C29H24N2O3/c32-29-28-22(17-31(29)16-15-23-14-13-20-7-4-5-12-25(20)30-23)10-6-11-24(28)27-19-33-18-26(34-27)21-8-2-1-3-9-21/h1-2,4-8,10-14,18-19H,3,9,15-17H2. The predicted molar refractivity (Wildman–Crippen MR) is 131 cm³/mol. The van der Waals surface area contributed by atoms with Crippen LogP contribution in [0.25, 0.3) is 16.7 Å². The Morgan fingerprint density at radius 1 is 0.971 bits per heavy atom. The van der Waals surface area contributed by atoms with E-state index in [1.54, 1.807) is 12.5 Å². The molecule has 1 amide bonds. The molecule has 0 saturated heterocycles. The summed E-state index contributed by atoms with van der Waals surface area (Å²) in [5.74, 6) is 1.28. The van der Waals surface area contributed by atoms with Gasteiger partial charge in [-0.3, -0.25) is 9.78 Å². The van der Waals surface area contributed by atoms with Gasteiger partial charge in [-0.1, -0.05) is 60.7 Å². The van der Waals surface area contributed by atoms with Gasteiger partial charge in [-0.05, 0) is 36.1 Å². The molecule has 0 fully saturated rings. The van der Waals surface area contributed by atoms with E-state index in [2.05, 4.69) is 18.2 Å². The second kappa shape index (κ2) is 8.67. The molecule has 34 heavy (non-hydrogen) atoms. The third-order valence-electron chi connectivity index (χ3n) is 6.47. The SMILES string of the molecule is O=C1c2c(cccc2C2=COC=C(C3=CC=CCC3)O2)CN1CCc1ccc2ccccc2n1. The molecular weight excluding hydrogens is 424 g/mol. The highest BCUT2D eigenvalue weighted by atomic mass is 16.5. The zero-order valence-corrected chi connectivity index (χ0v) is 18.7. The quantitative estimate of drug-likeness (QED) is 0.488. The Bertz CT molecular complexity index is 1410. The minimum atomic E-state index is 0.0202. The first-order valence-electron chi connectivity index (χ1n) is 11.6. The fourth-order valence-corrected chi connectivity index (χ4v) is 4.69. The summed E-state index contributed by atoms with van der Waals surface area (Å²) in [6, 6.07) is 18.1. The van der Waals surface area contributed by atoms with Crippen LogP contribution in [0.3, 0.4) is 0 Å². The summed E-state index contributed by atoms with van der Waals surface area (Å²) in [6.07, 6.45) is 12.0. The Labute approximate surface area is 198 Å². The van der Waals surface area contributed by atoms with E-state index in [4.69, 9.17) is 14.5 Å². The van der Waals surface area contributed by atoms with Gasteiger partial charge in [-0.15, -0.1) is 0 Å². The fourth-order valence-electron chi connectivity index (χ4n) is 4.69. The van der Waals surface area contributed by atoms with E-state index in [0.717, 1.165) is 46.1 Å². The number of carbonyl (C=O) groups is 1. The van der Waals surface area contributed by atoms with Crippen molar-refractivity contribution < 1.29 is 14.3 Å². The number of benzene rings is 2. The summed E-state index contributed by atoms with van der Waals surface area (Å²) in [4.78, 5) is 20.1. The van der Waals surface area contributed by atoms with Gasteiger partial charge in [-0.25, -0.2) is 0 Å². The van der Waals surface area contributed by atoms with Crippen molar-refractivity contribution in [3.8, 4) is 0 Å². The number of fused-ring (bicyclic) bond motifs is 2. The molecule has 6 rings (SSSR count). The Morgan fingerprint density at radius 3 is 2.79 bits per heavy atom. The number of hydrogen-bond acceptors (Lipinski definition) is 4. The molecule has 3 aliphatic rings. The van der Waals surface area contributed by atoms with Crippen molar-refractivity contribution in [1.29, 1.82) is 0 Å². The smallest absolute Gasteiger partial charge is 0.255 e. The van der Waals surface area contributed by atoms with Crippen LogP contribution >= 0.6 is 0 Å². The maximum Gasteiger partial charge on any atom is 0.255 e. The lowest BCUT2D eigenvalue weighted by Crippen LogP contribution is -2.27. The van der Waals surface area contributed by atoms with Gasteiger partial charge in [0.1, 0.15) is 12.5 Å². The summed E-state index contributed by atoms with van der Waals surface area (Å²) in [5.41, 5.74) is 5.53. The lowest BCUT2D eigenvalue weighted by atomic mass is 10.0. The summed E-state index contributed by atoms with van der Waals surface area (Å²) >= 11 is 0. The van der Waals surface area contributed by atoms with E-state index in [1.165, 1.54) is 0 Å². The van der Waals surface area contributed by atoms with Crippen molar-refractivity contribution in [3.63, 3.8) is 0 Å². The molecule has 5 heteroatoms. The van der Waals surface area contributed by atoms with Crippen molar-refractivity contribution in [3.05, 3.63) is 119 Å². The maximum absolute atomic E-state index is 13.4. The van der Waals surface area contributed by atoms with Gasteiger partial charge < -0.3 is 14.4 Å². The molecule has 0 unspecified atom stereocenters. The number of ether oxygens (including phenoxy) is 2. The number of para-hydroxylation sites is 1. The number of carbonyl (C=O) groups excluding carboxylic acids is 1. The normalized spacial score (nSPS) is 17.0. The predicted octanol–water partition coefficient (Wildman–Crippen LogP) is 5.90. The highest BCUT2D eigenvalue weighted by Crippen LogP contribution is 2.35. The van der Waals surface area contributed by atoms with Crippen LogP contribution < -0.4 is 0 Å². The zero-order chi connectivity index (χ0) is 22.9. The minimum absolute atomic E-state index is 0.0202. The van der Waals surface area contributed by atoms with Gasteiger partial charge >= 0.3 is 0 Å². The first kappa shape index (κ1) is 20.5. The molecule has 0 radical (unpaired) electrons. The van der Waals surface area contributed by atoms with Crippen molar-refractivity contribution in [2.24, 2.45) is 0 Å². The van der Waals surface area contributed by atoms with Crippen LogP contribution in [-0.4, -0.2) is 22.3 Å². The Balaban J connectivity index is 1.20. The largest absolute Gasteiger partial charge is 0.465 e. The third-order valence-corrected chi connectivity index (χ3v) is 6.47. The first-order valence-corrected chi connectivity index (χ1v) is 11.6. The molecule has 3 aromatic rings. The summed E-state index contributed by atoms with van der Waals surface area (Å²) in [6.45, 7) is 1.20. The van der Waals surface area contributed by atoms with E-state index in [1.807, 2.05) is 59.5 Å². The van der Waals surface area contributed by atoms with Crippen LogP contribution in [0.15, 0.2) is 96.7 Å². The van der Waals surface area contributed by atoms with Crippen molar-refractivity contribution >= 4 is 22.6 Å². The van der Waals surface area contributed by atoms with Crippen LogP contribution in [-0.2, 0) is 22.4 Å². The lowest BCUT2D eigenvalue weighted by Gasteiger charge is -2.21. The molecule has 0 atom stereocenters. The van der Waals surface area contributed by atoms with Crippen LogP contribution in [0.1, 0.15) is 40.0 Å². The molecule has 0 bridgehead atoms. The molecule has 2 aromatic carbocycles. The number of hydrogen-bond donors (Lipinski definition) is 0. The molecule has 3 heterocycles. The molecule has 168 valence electrons. The number of aromatic nitrogens is 1. The average Bonchev–Trinajstić information content (AvgIpc) is 3.23. The Hall–Kier alpha value is -4.12. The zero-order valence-electron chi connectivity index (χ0n) is 18.7. The fraction of sp³-hybridized carbons (Fsp3) is 0.172. The van der Waals surface area contributed by atoms with Gasteiger partial charge in [0, 0.05) is 36.2 Å². The molecule has 0 saturated carbocycles. The summed E-state index contributed by atoms with van der Waals surface area (Å²) in [5, 5.41) is 1.12. The van der Waals surface area contributed by atoms with Gasteiger partial charge in [-0.2, -0.15) is 0 Å². The van der Waals surface area contributed by atoms with E-state index in [0.29, 0.717) is 36.6 Å². The molecule has 5 nitrogen and oxygen atoms in total. The number of rotatable bonds is 5. The monoisotopic (exact) mass is 448 g/mol. The molecule has 1 aromatic heterocycles. The van der Waals surface area contributed by atoms with Gasteiger partial charge in [0.25, 0.3) is 5.91 Å². The Morgan fingerprint density at radius 2 is 1.88 bits per heavy atom. The second-order valence-electron chi connectivity index (χ2n) is 8.67. The van der Waals surface area contributed by atoms with Gasteiger partial charge in [0.05, 0.1) is 11.1 Å². The number of nitrogens with zero attached hydrogens (tertiary/aromatic N) is 2. The third kappa shape index (κ3) is 3.79. The molecule has 2 aliphatic heterocycles. The lowest BCUT2D eigenvalue weighted by molar-refractivity contribution is 0.0779. The van der Waals surface area contributed by atoms with Crippen molar-refractivity contribution in [2.45, 2.75) is 25.8 Å².